The maximum atomic E-state index is 13.2. The molecule has 2 atom stereocenters. The van der Waals surface area contributed by atoms with Gasteiger partial charge in [0.25, 0.3) is 11.5 Å². The van der Waals surface area contributed by atoms with Gasteiger partial charge in [0.2, 0.25) is 5.91 Å². The van der Waals surface area contributed by atoms with Gasteiger partial charge in [0, 0.05) is 30.3 Å². The lowest BCUT2D eigenvalue weighted by atomic mass is 10.1. The van der Waals surface area contributed by atoms with E-state index in [4.69, 9.17) is 18.9 Å². The van der Waals surface area contributed by atoms with Gasteiger partial charge in [0.1, 0.15) is 6.04 Å². The fourth-order valence-corrected chi connectivity index (χ4v) is 3.77. The first kappa shape index (κ1) is 32.3. The first-order chi connectivity index (χ1) is 18.5. The summed E-state index contributed by atoms with van der Waals surface area (Å²) in [5.74, 6) is -0.908. The lowest BCUT2D eigenvalue weighted by Gasteiger charge is -2.23. The molecule has 0 saturated carbocycles. The van der Waals surface area contributed by atoms with E-state index in [-0.39, 0.29) is 18.7 Å². The summed E-state index contributed by atoms with van der Waals surface area (Å²) in [6, 6.07) is -0.857. The highest BCUT2D eigenvalue weighted by Crippen LogP contribution is 2.14. The summed E-state index contributed by atoms with van der Waals surface area (Å²) in [6.07, 6.45) is 4.84. The molecule has 1 aliphatic heterocycles. The summed E-state index contributed by atoms with van der Waals surface area (Å²) >= 11 is 0. The molecule has 1 saturated heterocycles. The lowest BCUT2D eigenvalue weighted by molar-refractivity contribution is -0.173. The maximum absolute atomic E-state index is 13.2. The van der Waals surface area contributed by atoms with Crippen molar-refractivity contribution in [3.05, 3.63) is 39.1 Å². The quantitative estimate of drug-likeness (QED) is 0.139. The number of ether oxygens (including phenoxy) is 4. The smallest absolute Gasteiger partial charge is 0.277 e. The Labute approximate surface area is 228 Å². The molecule has 1 aromatic rings. The minimum Gasteiger partial charge on any atom is -0.382 e. The fourth-order valence-electron chi connectivity index (χ4n) is 3.77. The molecule has 0 aliphatic carbocycles. The highest BCUT2D eigenvalue weighted by atomic mass is 16.6. The molecule has 12 heteroatoms. The molecule has 1 fully saturated rings. The molecule has 218 valence electrons. The van der Waals surface area contributed by atoms with Crippen LogP contribution in [0.25, 0.3) is 12.3 Å². The molecule has 0 aromatic carbocycles. The largest absolute Gasteiger partial charge is 0.382 e. The van der Waals surface area contributed by atoms with Gasteiger partial charge in [-0.3, -0.25) is 19.7 Å². The molecule has 3 N–H and O–H groups in total. The molecule has 2 unspecified atom stereocenters. The number of aliphatic hydroxyl groups is 1. The second-order valence-electron chi connectivity index (χ2n) is 9.91. The summed E-state index contributed by atoms with van der Waals surface area (Å²) in [7, 11) is 0. The maximum Gasteiger partial charge on any atom is 0.277 e. The van der Waals surface area contributed by atoms with Crippen LogP contribution in [-0.4, -0.2) is 84.8 Å². The van der Waals surface area contributed by atoms with Crippen molar-refractivity contribution in [2.24, 2.45) is 0 Å². The molecule has 2 rings (SSSR count). The van der Waals surface area contributed by atoms with Crippen LogP contribution >= 0.6 is 0 Å². The fraction of sp³-hybridized carbons (Fsp3) is 0.630. The van der Waals surface area contributed by atoms with Crippen molar-refractivity contribution >= 4 is 24.1 Å². The van der Waals surface area contributed by atoms with Gasteiger partial charge >= 0.3 is 0 Å². The Hall–Kier alpha value is -2.90. The molecule has 12 nitrogen and oxygen atoms in total. The first-order valence-corrected chi connectivity index (χ1v) is 13.1. The van der Waals surface area contributed by atoms with Crippen LogP contribution in [0.15, 0.2) is 23.1 Å². The molecule has 2 amide bonds. The van der Waals surface area contributed by atoms with E-state index in [1.807, 2.05) is 27.7 Å². The van der Waals surface area contributed by atoms with Crippen molar-refractivity contribution in [2.45, 2.75) is 64.9 Å². The third kappa shape index (κ3) is 11.4. The normalized spacial score (nSPS) is 17.8. The van der Waals surface area contributed by atoms with Crippen molar-refractivity contribution in [1.82, 2.24) is 20.4 Å². The van der Waals surface area contributed by atoms with Crippen molar-refractivity contribution < 1.29 is 33.6 Å². The number of carbonyl (C=O) groups is 2. The van der Waals surface area contributed by atoms with Gasteiger partial charge in [-0.2, -0.15) is 5.10 Å². The van der Waals surface area contributed by atoms with Gasteiger partial charge in [0.05, 0.1) is 56.7 Å². The van der Waals surface area contributed by atoms with Crippen LogP contribution in [0.3, 0.4) is 0 Å². The number of aromatic nitrogens is 2. The topological polar surface area (TPSA) is 150 Å². The predicted molar refractivity (Wildman–Crippen MR) is 145 cm³/mol. The standard InChI is InChI=1S/C27H42N4O8/c1-6-7-20(24-19(2)18-29-31(26(24)35)21-8-9-22(32)30-25(21)34)28-11-13-37-15-17-38-16-14-36-12-10-23(33)39-27(3,4)5/h6-7,18,21,23,28,33H,2,8-17H2,1,3-5H3,(H,30,32,34)/b7-6-,24-20-. The molecule has 1 aliphatic rings. The van der Waals surface area contributed by atoms with Crippen LogP contribution in [0.4, 0.5) is 0 Å². The average Bonchev–Trinajstić information content (AvgIpc) is 2.84. The minimum atomic E-state index is -0.858. The number of hydrogen-bond acceptors (Lipinski definition) is 10. The van der Waals surface area contributed by atoms with Crippen LogP contribution < -0.4 is 26.6 Å². The third-order valence-electron chi connectivity index (χ3n) is 5.49. The molecule has 2 heterocycles. The zero-order chi connectivity index (χ0) is 28.8. The molecular weight excluding hydrogens is 508 g/mol. The molecule has 1 aromatic heterocycles. The van der Waals surface area contributed by atoms with Crippen molar-refractivity contribution in [3.63, 3.8) is 0 Å². The summed E-state index contributed by atoms with van der Waals surface area (Å²) in [4.78, 5) is 37.0. The number of aliphatic hydroxyl groups excluding tert-OH is 1. The van der Waals surface area contributed by atoms with Gasteiger partial charge in [0.15, 0.2) is 6.29 Å². The van der Waals surface area contributed by atoms with Crippen LogP contribution in [0, 0.1) is 0 Å². The third-order valence-corrected chi connectivity index (χ3v) is 5.49. The van der Waals surface area contributed by atoms with Gasteiger partial charge in [-0.15, -0.1) is 0 Å². The number of allylic oxidation sites excluding steroid dienone is 1. The summed E-state index contributed by atoms with van der Waals surface area (Å²) < 4.78 is 23.0. The summed E-state index contributed by atoms with van der Waals surface area (Å²) in [6.45, 7) is 14.1. The van der Waals surface area contributed by atoms with Crippen LogP contribution in [0.1, 0.15) is 53.0 Å². The van der Waals surface area contributed by atoms with E-state index in [0.717, 1.165) is 4.68 Å². The number of imide groups is 1. The lowest BCUT2D eigenvalue weighted by Crippen LogP contribution is -2.53. The van der Waals surface area contributed by atoms with Gasteiger partial charge in [-0.05, 0) is 40.2 Å². The Bertz CT molecular complexity index is 1140. The van der Waals surface area contributed by atoms with Gasteiger partial charge < -0.3 is 29.4 Å². The molecule has 39 heavy (non-hydrogen) atoms. The Morgan fingerprint density at radius 2 is 1.82 bits per heavy atom. The van der Waals surface area contributed by atoms with Crippen LogP contribution in [0.2, 0.25) is 0 Å². The van der Waals surface area contributed by atoms with E-state index >= 15 is 0 Å². The van der Waals surface area contributed by atoms with E-state index in [2.05, 4.69) is 22.3 Å². The number of nitrogens with zero attached hydrogens (tertiary/aromatic N) is 2. The molecule has 0 radical (unpaired) electrons. The molecule has 0 bridgehead atoms. The van der Waals surface area contributed by atoms with E-state index in [9.17, 15) is 19.5 Å². The van der Waals surface area contributed by atoms with Crippen molar-refractivity contribution in [3.8, 4) is 0 Å². The van der Waals surface area contributed by atoms with E-state index in [1.165, 1.54) is 6.20 Å². The number of carbonyl (C=O) groups excluding carboxylic acids is 2. The van der Waals surface area contributed by atoms with E-state index in [0.29, 0.717) is 68.7 Å². The van der Waals surface area contributed by atoms with Crippen molar-refractivity contribution in [1.29, 1.82) is 0 Å². The van der Waals surface area contributed by atoms with E-state index in [1.54, 1.807) is 12.2 Å². The van der Waals surface area contributed by atoms with Gasteiger partial charge in [-0.1, -0.05) is 12.7 Å². The van der Waals surface area contributed by atoms with Crippen LogP contribution in [-0.2, 0) is 28.5 Å². The van der Waals surface area contributed by atoms with Crippen molar-refractivity contribution in [2.75, 3.05) is 46.2 Å². The summed E-state index contributed by atoms with van der Waals surface area (Å²) in [5, 5.41) is 20.0. The second-order valence-corrected chi connectivity index (χ2v) is 9.91. The monoisotopic (exact) mass is 550 g/mol. The number of amides is 2. The first-order valence-electron chi connectivity index (χ1n) is 13.1. The highest BCUT2D eigenvalue weighted by Gasteiger charge is 2.29. The van der Waals surface area contributed by atoms with E-state index < -0.39 is 29.4 Å². The Balaban J connectivity index is 1.76. The Morgan fingerprint density at radius 3 is 2.44 bits per heavy atom. The number of nitrogens with one attached hydrogen (secondary N) is 2. The Morgan fingerprint density at radius 1 is 1.18 bits per heavy atom. The summed E-state index contributed by atoms with van der Waals surface area (Å²) in [5.41, 5.74) is -0.338. The number of piperidine rings is 1. The predicted octanol–water partition coefficient (Wildman–Crippen LogP) is -0.521. The SMILES string of the molecule is C=c1cnn(C2CCC(=O)NC2=O)c(=O)/c1=C(/C=C\C)NCCOCCOCCOCCC(O)OC(C)(C)C. The van der Waals surface area contributed by atoms with Crippen LogP contribution in [0.5, 0.6) is 0 Å². The zero-order valence-electron chi connectivity index (χ0n) is 23.4. The molecule has 0 spiro atoms. The number of hydrogen-bond donors (Lipinski definition) is 3. The highest BCUT2D eigenvalue weighted by molar-refractivity contribution is 5.99. The molecular formula is C27H42N4O8. The second kappa shape index (κ2) is 16.3. The number of rotatable bonds is 16. The van der Waals surface area contributed by atoms with Gasteiger partial charge in [-0.25, -0.2) is 4.68 Å². The minimum absolute atomic E-state index is 0.140. The Kier molecular flexibility index (Phi) is 13.5. The average molecular weight is 551 g/mol. The zero-order valence-corrected chi connectivity index (χ0v) is 23.4.